The van der Waals surface area contributed by atoms with Crippen molar-refractivity contribution in [1.82, 2.24) is 5.32 Å². The van der Waals surface area contributed by atoms with Crippen molar-refractivity contribution >= 4 is 17.8 Å². The van der Waals surface area contributed by atoms with Crippen LogP contribution in [-0.2, 0) is 14.4 Å². The van der Waals surface area contributed by atoms with Gasteiger partial charge in [-0.1, -0.05) is 33.6 Å². The van der Waals surface area contributed by atoms with Gasteiger partial charge in [0.05, 0.1) is 0 Å². The molecule has 6 N–H and O–H groups in total. The molecule has 1 amide bonds. The van der Waals surface area contributed by atoms with Gasteiger partial charge in [0.25, 0.3) is 5.91 Å². The second-order valence-electron chi connectivity index (χ2n) is 6.51. The Morgan fingerprint density at radius 1 is 1.19 bits per heavy atom. The number of quaternary nitrogens is 1. The van der Waals surface area contributed by atoms with Gasteiger partial charge in [-0.25, -0.2) is 4.79 Å². The van der Waals surface area contributed by atoms with E-state index in [9.17, 15) is 27.9 Å². The minimum atomic E-state index is -5.19. The lowest BCUT2D eigenvalue weighted by molar-refractivity contribution is -0.434. The third kappa shape index (κ3) is 13.9. The van der Waals surface area contributed by atoms with E-state index in [1.165, 1.54) is 0 Å². The summed E-state index contributed by atoms with van der Waals surface area (Å²) in [6.07, 6.45) is -2.45. The second-order valence-corrected chi connectivity index (χ2v) is 6.51. The molecule has 0 aliphatic heterocycles. The van der Waals surface area contributed by atoms with Gasteiger partial charge in [-0.15, -0.1) is 0 Å². The van der Waals surface area contributed by atoms with Crippen LogP contribution in [0.25, 0.3) is 0 Å². The number of hydrogen-bond donors (Lipinski definition) is 4. The van der Waals surface area contributed by atoms with E-state index in [0.29, 0.717) is 12.8 Å². The molecule has 27 heavy (non-hydrogen) atoms. The fourth-order valence-corrected chi connectivity index (χ4v) is 1.98. The Kier molecular flexibility index (Phi) is 13.5. The Labute approximate surface area is 155 Å². The van der Waals surface area contributed by atoms with E-state index in [1.54, 1.807) is 0 Å². The van der Waals surface area contributed by atoms with Crippen LogP contribution >= 0.6 is 0 Å². The Balaban J connectivity index is 0. The van der Waals surface area contributed by atoms with Gasteiger partial charge in [-0.2, -0.15) is 13.2 Å². The summed E-state index contributed by atoms with van der Waals surface area (Å²) >= 11 is 0. The lowest BCUT2D eigenvalue weighted by atomic mass is 10.0. The molecule has 0 aliphatic carbocycles. The summed E-state index contributed by atoms with van der Waals surface area (Å²) in [7, 11) is 0. The summed E-state index contributed by atoms with van der Waals surface area (Å²) < 4.78 is 31.5. The highest BCUT2D eigenvalue weighted by molar-refractivity contribution is 5.86. The van der Waals surface area contributed by atoms with Gasteiger partial charge in [-0.3, -0.25) is 4.79 Å². The number of amides is 1. The number of carboxylic acids is 2. The van der Waals surface area contributed by atoms with E-state index >= 15 is 0 Å². The first-order valence-electron chi connectivity index (χ1n) is 8.56. The van der Waals surface area contributed by atoms with Gasteiger partial charge in [0.1, 0.15) is 18.1 Å². The minimum absolute atomic E-state index is 0.147. The molecule has 0 spiro atoms. The first-order chi connectivity index (χ1) is 12.2. The van der Waals surface area contributed by atoms with E-state index in [-0.39, 0.29) is 5.92 Å². The van der Waals surface area contributed by atoms with Crippen molar-refractivity contribution < 1.29 is 48.6 Å². The second kappa shape index (κ2) is 13.3. The molecule has 0 bridgehead atoms. The predicted octanol–water partition coefficient (Wildman–Crippen LogP) is -0.548. The fraction of sp³-hybridized carbons (Fsp3) is 0.812. The number of aliphatic hydroxyl groups excluding tert-OH is 1. The van der Waals surface area contributed by atoms with E-state index in [4.69, 9.17) is 15.0 Å². The third-order valence-electron chi connectivity index (χ3n) is 3.45. The number of carbonyl (C=O) groups excluding carboxylic acids is 2. The maximum Gasteiger partial charge on any atom is 0.430 e. The van der Waals surface area contributed by atoms with Crippen molar-refractivity contribution in [2.45, 2.75) is 77.2 Å². The molecule has 0 rings (SSSR count). The molecule has 0 unspecified atom stereocenters. The highest BCUT2D eigenvalue weighted by Crippen LogP contribution is 2.11. The number of hydrogen-bond acceptors (Lipinski definition) is 5. The number of carboxylic acid groups (broad SMARTS) is 2. The summed E-state index contributed by atoms with van der Waals surface area (Å²) in [5.41, 5.74) is 3.79. The Morgan fingerprint density at radius 2 is 1.67 bits per heavy atom. The van der Waals surface area contributed by atoms with Crippen molar-refractivity contribution in [2.24, 2.45) is 5.92 Å². The molecule has 0 fully saturated rings. The van der Waals surface area contributed by atoms with Crippen LogP contribution in [0.15, 0.2) is 0 Å². The van der Waals surface area contributed by atoms with Crippen LogP contribution in [0.3, 0.4) is 0 Å². The molecule has 0 aromatic rings. The molecule has 0 aliphatic rings. The van der Waals surface area contributed by atoms with Crippen LogP contribution in [0.4, 0.5) is 13.2 Å². The summed E-state index contributed by atoms with van der Waals surface area (Å²) in [6.45, 7) is 5.84. The Hall–Kier alpha value is -1.88. The van der Waals surface area contributed by atoms with Crippen LogP contribution < -0.4 is 16.2 Å². The Morgan fingerprint density at radius 3 is 2.00 bits per heavy atom. The SMILES string of the molecule is CCCCC[C@@H]([NH3+])[C@H](O)C(=O)N[C@@H](CC(C)C)C(=O)O.O=C([O-])C(F)(F)F. The largest absolute Gasteiger partial charge is 0.542 e. The van der Waals surface area contributed by atoms with Crippen molar-refractivity contribution in [3.05, 3.63) is 0 Å². The maximum atomic E-state index is 11.8. The molecule has 11 heteroatoms. The van der Waals surface area contributed by atoms with Crippen molar-refractivity contribution in [3.8, 4) is 0 Å². The molecule has 160 valence electrons. The number of aliphatic hydroxyl groups is 1. The zero-order valence-corrected chi connectivity index (χ0v) is 15.7. The van der Waals surface area contributed by atoms with E-state index in [2.05, 4.69) is 18.0 Å². The first-order valence-corrected chi connectivity index (χ1v) is 8.56. The van der Waals surface area contributed by atoms with Gasteiger partial charge < -0.3 is 31.2 Å². The molecule has 0 heterocycles. The molecular formula is C16H29F3N2O6. The normalized spacial score (nSPS) is 14.6. The lowest BCUT2D eigenvalue weighted by Crippen LogP contribution is -2.69. The van der Waals surface area contributed by atoms with Gasteiger partial charge in [0.2, 0.25) is 0 Å². The topological polar surface area (TPSA) is 154 Å². The van der Waals surface area contributed by atoms with Crippen LogP contribution in [0.2, 0.25) is 0 Å². The molecule has 8 nitrogen and oxygen atoms in total. The standard InChI is InChI=1S/C14H28N2O4.C2HF3O2/c1-4-5-6-7-10(15)12(17)13(18)16-11(14(19)20)8-9(2)3;3-2(4,5)1(6)7/h9-12,17H,4-8,15H2,1-3H3,(H,16,18)(H,19,20);(H,6,7)/t10-,11+,12+;/m1./s1. The third-order valence-corrected chi connectivity index (χ3v) is 3.45. The Bertz CT molecular complexity index is 472. The number of rotatable bonds is 10. The van der Waals surface area contributed by atoms with Crippen LogP contribution in [0, 0.1) is 5.92 Å². The first kappa shape index (κ1) is 27.3. The van der Waals surface area contributed by atoms with Crippen LogP contribution in [-0.4, -0.2) is 52.4 Å². The van der Waals surface area contributed by atoms with Gasteiger partial charge in [0, 0.05) is 6.42 Å². The average molecular weight is 402 g/mol. The van der Waals surface area contributed by atoms with Crippen molar-refractivity contribution in [1.29, 1.82) is 0 Å². The molecule has 0 aromatic heterocycles. The van der Waals surface area contributed by atoms with Gasteiger partial charge in [0.15, 0.2) is 6.10 Å². The highest BCUT2D eigenvalue weighted by Gasteiger charge is 2.30. The summed E-state index contributed by atoms with van der Waals surface area (Å²) in [5, 5.41) is 30.1. The number of carbonyl (C=O) groups is 3. The van der Waals surface area contributed by atoms with Crippen molar-refractivity contribution in [3.63, 3.8) is 0 Å². The van der Waals surface area contributed by atoms with Crippen LogP contribution in [0.5, 0.6) is 0 Å². The number of nitrogens with one attached hydrogen (secondary N) is 1. The quantitative estimate of drug-likeness (QED) is 0.360. The molecule has 0 radical (unpaired) electrons. The predicted molar refractivity (Wildman–Crippen MR) is 86.9 cm³/mol. The molecule has 3 atom stereocenters. The van der Waals surface area contributed by atoms with Crippen molar-refractivity contribution in [2.75, 3.05) is 0 Å². The lowest BCUT2D eigenvalue weighted by Gasteiger charge is -2.20. The summed E-state index contributed by atoms with van der Waals surface area (Å²) in [5.74, 6) is -4.58. The number of unbranched alkanes of at least 4 members (excludes halogenated alkanes) is 2. The van der Waals surface area contributed by atoms with Gasteiger partial charge in [-0.05, 0) is 18.8 Å². The zero-order valence-electron chi connectivity index (χ0n) is 15.7. The van der Waals surface area contributed by atoms with Crippen LogP contribution in [0.1, 0.15) is 52.9 Å². The smallest absolute Gasteiger partial charge is 0.430 e. The molecular weight excluding hydrogens is 373 g/mol. The van der Waals surface area contributed by atoms with E-state index < -0.39 is 42.2 Å². The maximum absolute atomic E-state index is 11.8. The van der Waals surface area contributed by atoms with Gasteiger partial charge >= 0.3 is 12.1 Å². The number of aliphatic carboxylic acids is 2. The summed E-state index contributed by atoms with van der Waals surface area (Å²) in [4.78, 5) is 31.7. The molecule has 0 saturated carbocycles. The van der Waals surface area contributed by atoms with E-state index in [0.717, 1.165) is 19.3 Å². The zero-order chi connectivity index (χ0) is 21.8. The number of halogens is 3. The monoisotopic (exact) mass is 402 g/mol. The minimum Gasteiger partial charge on any atom is -0.542 e. The molecule has 0 aromatic carbocycles. The highest BCUT2D eigenvalue weighted by atomic mass is 19.4. The number of alkyl halides is 3. The fourth-order valence-electron chi connectivity index (χ4n) is 1.98. The average Bonchev–Trinajstić information content (AvgIpc) is 2.52. The van der Waals surface area contributed by atoms with E-state index in [1.807, 2.05) is 13.8 Å². The summed E-state index contributed by atoms with van der Waals surface area (Å²) in [6, 6.07) is -1.37. The molecule has 0 saturated heterocycles.